The van der Waals surface area contributed by atoms with Crippen LogP contribution in [-0.4, -0.2) is 68.2 Å². The van der Waals surface area contributed by atoms with Gasteiger partial charge in [0.15, 0.2) is 6.54 Å². The lowest BCUT2D eigenvalue weighted by Gasteiger charge is -2.50. The van der Waals surface area contributed by atoms with Gasteiger partial charge in [-0.15, -0.1) is 0 Å². The van der Waals surface area contributed by atoms with Gasteiger partial charge in [0.2, 0.25) is 0 Å². The number of ether oxygens (including phenoxy) is 1. The second-order valence-corrected chi connectivity index (χ2v) is 7.71. The summed E-state index contributed by atoms with van der Waals surface area (Å²) >= 11 is 0. The molecule has 2 aromatic carbocycles. The van der Waals surface area contributed by atoms with Crippen molar-refractivity contribution in [1.82, 2.24) is 4.90 Å². The summed E-state index contributed by atoms with van der Waals surface area (Å²) in [7, 11) is 1.63. The van der Waals surface area contributed by atoms with Crippen LogP contribution in [0.1, 0.15) is 0 Å². The molecule has 1 N–H and O–H groups in total. The van der Waals surface area contributed by atoms with Gasteiger partial charge in [0.25, 0.3) is 5.91 Å². The molecular formula is C21H24N3O3+. The van der Waals surface area contributed by atoms with Gasteiger partial charge in [0, 0.05) is 36.5 Å². The standard InChI is InChI=1S/C21H23N3O3/c1-26-20-12-16-15-4-2-3-5-18(15)27-19(16)13-17(20)22-21(25)14-24-9-6-23(7-10-24)8-11-24/h2-5,12-13H,6-11,14H2,1H3/p+1. The number of fused-ring (bicyclic) bond motifs is 6. The minimum Gasteiger partial charge on any atom is -0.495 e. The normalized spacial score (nSPS) is 24.4. The number of nitrogens with one attached hydrogen (secondary N) is 1. The highest BCUT2D eigenvalue weighted by Crippen LogP contribution is 2.36. The molecule has 140 valence electrons. The van der Waals surface area contributed by atoms with E-state index >= 15 is 0 Å². The van der Waals surface area contributed by atoms with Crippen molar-refractivity contribution in [3.8, 4) is 5.75 Å². The number of para-hydroxylation sites is 1. The smallest absolute Gasteiger partial charge is 0.279 e. The second kappa shape index (κ2) is 6.25. The van der Waals surface area contributed by atoms with Crippen LogP contribution >= 0.6 is 0 Å². The first-order chi connectivity index (χ1) is 13.2. The highest BCUT2D eigenvalue weighted by atomic mass is 16.5. The number of quaternary nitrogens is 1. The Morgan fingerprint density at radius 3 is 2.59 bits per heavy atom. The largest absolute Gasteiger partial charge is 0.495 e. The van der Waals surface area contributed by atoms with E-state index in [-0.39, 0.29) is 5.91 Å². The van der Waals surface area contributed by atoms with Crippen LogP contribution in [-0.2, 0) is 4.79 Å². The zero-order chi connectivity index (χ0) is 18.4. The number of amides is 1. The molecule has 3 aromatic rings. The third-order valence-electron chi connectivity index (χ3n) is 6.12. The van der Waals surface area contributed by atoms with Crippen LogP contribution in [0.3, 0.4) is 0 Å². The molecule has 3 fully saturated rings. The molecule has 3 aliphatic rings. The highest BCUT2D eigenvalue weighted by Gasteiger charge is 2.39. The Hall–Kier alpha value is -2.57. The van der Waals surface area contributed by atoms with Crippen LogP contribution in [0.25, 0.3) is 21.9 Å². The van der Waals surface area contributed by atoms with Crippen molar-refractivity contribution in [1.29, 1.82) is 0 Å². The zero-order valence-electron chi connectivity index (χ0n) is 15.5. The summed E-state index contributed by atoms with van der Waals surface area (Å²) in [6, 6.07) is 11.8. The number of carbonyl (C=O) groups is 1. The maximum Gasteiger partial charge on any atom is 0.279 e. The minimum absolute atomic E-state index is 0.0408. The molecule has 2 bridgehead atoms. The van der Waals surface area contributed by atoms with Crippen molar-refractivity contribution in [2.75, 3.05) is 58.2 Å². The van der Waals surface area contributed by atoms with Gasteiger partial charge < -0.3 is 19.0 Å². The Bertz CT molecular complexity index is 1000. The molecule has 0 unspecified atom stereocenters. The quantitative estimate of drug-likeness (QED) is 0.722. The molecule has 6 nitrogen and oxygen atoms in total. The van der Waals surface area contributed by atoms with Crippen LogP contribution in [0.15, 0.2) is 40.8 Å². The first-order valence-corrected chi connectivity index (χ1v) is 9.52. The first kappa shape index (κ1) is 16.6. The van der Waals surface area contributed by atoms with Gasteiger partial charge >= 0.3 is 0 Å². The Morgan fingerprint density at radius 1 is 1.11 bits per heavy atom. The summed E-state index contributed by atoms with van der Waals surface area (Å²) in [5.41, 5.74) is 2.26. The SMILES string of the molecule is COc1cc2c(cc1NC(=O)C[N+]13CCN(CC1)CC3)oc1ccccc12. The van der Waals surface area contributed by atoms with E-state index in [1.807, 2.05) is 36.4 Å². The third kappa shape index (κ3) is 2.85. The van der Waals surface area contributed by atoms with Crippen molar-refractivity contribution >= 4 is 33.5 Å². The van der Waals surface area contributed by atoms with Crippen molar-refractivity contribution in [2.45, 2.75) is 0 Å². The number of nitrogens with zero attached hydrogens (tertiary/aromatic N) is 2. The zero-order valence-corrected chi connectivity index (χ0v) is 15.5. The van der Waals surface area contributed by atoms with Crippen LogP contribution < -0.4 is 10.1 Å². The predicted octanol–water partition coefficient (Wildman–Crippen LogP) is 2.68. The molecule has 4 heterocycles. The average Bonchev–Trinajstić information content (AvgIpc) is 3.05. The van der Waals surface area contributed by atoms with Gasteiger partial charge in [-0.3, -0.25) is 9.69 Å². The summed E-state index contributed by atoms with van der Waals surface area (Å²) in [5, 5.41) is 5.11. The first-order valence-electron chi connectivity index (χ1n) is 9.52. The fourth-order valence-corrected chi connectivity index (χ4v) is 4.48. The Morgan fingerprint density at radius 2 is 1.85 bits per heavy atom. The number of hydrogen-bond acceptors (Lipinski definition) is 4. The lowest BCUT2D eigenvalue weighted by Crippen LogP contribution is -2.68. The van der Waals surface area contributed by atoms with E-state index in [9.17, 15) is 4.79 Å². The molecule has 3 saturated heterocycles. The molecule has 27 heavy (non-hydrogen) atoms. The van der Waals surface area contributed by atoms with E-state index in [2.05, 4.69) is 10.2 Å². The topological polar surface area (TPSA) is 54.7 Å². The second-order valence-electron chi connectivity index (χ2n) is 7.71. The molecule has 1 amide bonds. The Labute approximate surface area is 157 Å². The van der Waals surface area contributed by atoms with Gasteiger partial charge in [-0.1, -0.05) is 18.2 Å². The molecule has 0 saturated carbocycles. The maximum atomic E-state index is 12.8. The van der Waals surface area contributed by atoms with Crippen LogP contribution in [0, 0.1) is 0 Å². The van der Waals surface area contributed by atoms with E-state index in [0.717, 1.165) is 65.7 Å². The van der Waals surface area contributed by atoms with Gasteiger partial charge in [-0.05, 0) is 12.1 Å². The van der Waals surface area contributed by atoms with E-state index in [4.69, 9.17) is 9.15 Å². The fraction of sp³-hybridized carbons (Fsp3) is 0.381. The van der Waals surface area contributed by atoms with Gasteiger partial charge in [-0.25, -0.2) is 0 Å². The number of piperazine rings is 3. The molecule has 6 heteroatoms. The van der Waals surface area contributed by atoms with Crippen molar-refractivity contribution in [3.05, 3.63) is 36.4 Å². The number of furan rings is 1. The molecule has 0 aliphatic carbocycles. The van der Waals surface area contributed by atoms with E-state index in [1.165, 1.54) is 0 Å². The lowest BCUT2D eigenvalue weighted by atomic mass is 10.1. The van der Waals surface area contributed by atoms with Crippen LogP contribution in [0.2, 0.25) is 0 Å². The molecule has 1 aromatic heterocycles. The Balaban J connectivity index is 1.43. The number of rotatable bonds is 4. The molecule has 6 rings (SSSR count). The molecule has 3 aliphatic heterocycles. The van der Waals surface area contributed by atoms with Crippen molar-refractivity contribution < 1.29 is 18.4 Å². The van der Waals surface area contributed by atoms with Crippen molar-refractivity contribution in [2.24, 2.45) is 0 Å². The predicted molar refractivity (Wildman–Crippen MR) is 105 cm³/mol. The monoisotopic (exact) mass is 366 g/mol. The fourth-order valence-electron chi connectivity index (χ4n) is 4.48. The van der Waals surface area contributed by atoms with Gasteiger partial charge in [0.1, 0.15) is 16.9 Å². The average molecular weight is 366 g/mol. The van der Waals surface area contributed by atoms with Crippen LogP contribution in [0.5, 0.6) is 5.75 Å². The van der Waals surface area contributed by atoms with E-state index < -0.39 is 0 Å². The Kier molecular flexibility index (Phi) is 3.84. The van der Waals surface area contributed by atoms with E-state index in [0.29, 0.717) is 18.0 Å². The summed E-state index contributed by atoms with van der Waals surface area (Å²) in [5.74, 6) is 0.699. The number of methoxy groups -OCH3 is 1. The molecule has 0 spiro atoms. The number of benzene rings is 2. The maximum absolute atomic E-state index is 12.8. The summed E-state index contributed by atoms with van der Waals surface area (Å²) in [4.78, 5) is 15.3. The number of anilines is 1. The molecular weight excluding hydrogens is 342 g/mol. The number of hydrogen-bond donors (Lipinski definition) is 1. The van der Waals surface area contributed by atoms with Gasteiger partial charge in [-0.2, -0.15) is 0 Å². The number of carbonyl (C=O) groups excluding carboxylic acids is 1. The third-order valence-corrected chi connectivity index (χ3v) is 6.12. The molecule has 0 atom stereocenters. The summed E-state index contributed by atoms with van der Waals surface area (Å²) < 4.78 is 12.4. The minimum atomic E-state index is 0.0408. The molecule has 0 radical (unpaired) electrons. The summed E-state index contributed by atoms with van der Waals surface area (Å²) in [6.07, 6.45) is 0. The van der Waals surface area contributed by atoms with Gasteiger partial charge in [0.05, 0.1) is 32.4 Å². The van der Waals surface area contributed by atoms with Crippen LogP contribution in [0.4, 0.5) is 5.69 Å². The summed E-state index contributed by atoms with van der Waals surface area (Å²) in [6.45, 7) is 7.01. The van der Waals surface area contributed by atoms with E-state index in [1.54, 1.807) is 7.11 Å². The lowest BCUT2D eigenvalue weighted by molar-refractivity contribution is -0.933. The van der Waals surface area contributed by atoms with Crippen molar-refractivity contribution in [3.63, 3.8) is 0 Å². The highest BCUT2D eigenvalue weighted by molar-refractivity contribution is 6.07.